The topological polar surface area (TPSA) is 72.7 Å². The van der Waals surface area contributed by atoms with Crippen LogP contribution in [0.2, 0.25) is 0 Å². The molecule has 1 heterocycles. The van der Waals surface area contributed by atoms with E-state index in [0.717, 1.165) is 23.1 Å². The van der Waals surface area contributed by atoms with Crippen molar-refractivity contribution in [2.24, 2.45) is 7.05 Å². The molecule has 1 amide bonds. The SMILES string of the molecule is COc1cc2cc(C(=O)N[C@H](CO)CCSC)n(C)c2cc1OC. The highest BCUT2D eigenvalue weighted by Crippen LogP contribution is 2.33. The molecule has 0 unspecified atom stereocenters. The van der Waals surface area contributed by atoms with Gasteiger partial charge in [-0.05, 0) is 30.6 Å². The number of aromatic nitrogens is 1. The fourth-order valence-corrected chi connectivity index (χ4v) is 3.13. The average Bonchev–Trinajstić information content (AvgIpc) is 2.93. The fourth-order valence-electron chi connectivity index (χ4n) is 2.61. The lowest BCUT2D eigenvalue weighted by Crippen LogP contribution is -2.38. The molecule has 0 aliphatic heterocycles. The maximum atomic E-state index is 12.6. The molecule has 132 valence electrons. The van der Waals surface area contributed by atoms with Crippen LogP contribution in [0, 0.1) is 0 Å². The van der Waals surface area contributed by atoms with Gasteiger partial charge in [0.25, 0.3) is 5.91 Å². The number of ether oxygens (including phenoxy) is 2. The summed E-state index contributed by atoms with van der Waals surface area (Å²) in [4.78, 5) is 12.6. The van der Waals surface area contributed by atoms with Gasteiger partial charge in [0.05, 0.1) is 32.4 Å². The second kappa shape index (κ2) is 8.30. The first-order valence-electron chi connectivity index (χ1n) is 7.67. The van der Waals surface area contributed by atoms with Gasteiger partial charge in [-0.15, -0.1) is 0 Å². The first kappa shape index (κ1) is 18.5. The predicted octanol–water partition coefficient (Wildman–Crippen LogP) is 2.04. The number of carbonyl (C=O) groups is 1. The molecule has 1 atom stereocenters. The number of hydrogen-bond donors (Lipinski definition) is 2. The minimum Gasteiger partial charge on any atom is -0.493 e. The summed E-state index contributed by atoms with van der Waals surface area (Å²) < 4.78 is 12.4. The van der Waals surface area contributed by atoms with Crippen molar-refractivity contribution in [3.8, 4) is 11.5 Å². The Labute approximate surface area is 146 Å². The number of carbonyl (C=O) groups excluding carboxylic acids is 1. The van der Waals surface area contributed by atoms with E-state index in [2.05, 4.69) is 5.32 Å². The molecule has 2 N–H and O–H groups in total. The highest BCUT2D eigenvalue weighted by molar-refractivity contribution is 7.98. The van der Waals surface area contributed by atoms with Gasteiger partial charge in [0.1, 0.15) is 5.69 Å². The Hall–Kier alpha value is -1.86. The van der Waals surface area contributed by atoms with E-state index in [-0.39, 0.29) is 18.6 Å². The van der Waals surface area contributed by atoms with E-state index in [1.54, 1.807) is 26.0 Å². The van der Waals surface area contributed by atoms with Crippen molar-refractivity contribution in [2.75, 3.05) is 32.8 Å². The summed E-state index contributed by atoms with van der Waals surface area (Å²) >= 11 is 1.69. The minimum absolute atomic E-state index is 0.0715. The average molecular weight is 352 g/mol. The zero-order valence-corrected chi connectivity index (χ0v) is 15.3. The van der Waals surface area contributed by atoms with Gasteiger partial charge in [-0.1, -0.05) is 0 Å². The fraction of sp³-hybridized carbons (Fsp3) is 0.471. The molecule has 0 aliphatic carbocycles. The Morgan fingerprint density at radius 2 is 1.96 bits per heavy atom. The highest BCUT2D eigenvalue weighted by atomic mass is 32.2. The third kappa shape index (κ3) is 3.79. The van der Waals surface area contributed by atoms with Gasteiger partial charge in [-0.2, -0.15) is 11.8 Å². The summed E-state index contributed by atoms with van der Waals surface area (Å²) in [7, 11) is 4.99. The summed E-state index contributed by atoms with van der Waals surface area (Å²) in [6, 6.07) is 5.27. The van der Waals surface area contributed by atoms with Crippen LogP contribution in [-0.2, 0) is 7.05 Å². The molecule has 0 saturated heterocycles. The van der Waals surface area contributed by atoms with Crippen molar-refractivity contribution in [1.29, 1.82) is 0 Å². The molecule has 24 heavy (non-hydrogen) atoms. The molecular weight excluding hydrogens is 328 g/mol. The molecule has 0 fully saturated rings. The largest absolute Gasteiger partial charge is 0.493 e. The molecule has 2 aromatic rings. The maximum Gasteiger partial charge on any atom is 0.268 e. The van der Waals surface area contributed by atoms with E-state index in [9.17, 15) is 9.90 Å². The Kier molecular flexibility index (Phi) is 6.39. The number of aliphatic hydroxyl groups excluding tert-OH is 1. The molecule has 1 aromatic carbocycles. The van der Waals surface area contributed by atoms with E-state index in [0.29, 0.717) is 17.2 Å². The van der Waals surface area contributed by atoms with Crippen LogP contribution in [0.5, 0.6) is 11.5 Å². The van der Waals surface area contributed by atoms with E-state index >= 15 is 0 Å². The molecule has 1 aromatic heterocycles. The van der Waals surface area contributed by atoms with Crippen molar-refractivity contribution >= 4 is 28.6 Å². The van der Waals surface area contributed by atoms with Gasteiger partial charge in [0.2, 0.25) is 0 Å². The number of amides is 1. The van der Waals surface area contributed by atoms with Crippen LogP contribution in [-0.4, -0.2) is 54.5 Å². The first-order chi connectivity index (χ1) is 11.5. The summed E-state index contributed by atoms with van der Waals surface area (Å²) in [6.45, 7) is -0.0715. The molecule has 2 rings (SSSR count). The van der Waals surface area contributed by atoms with Crippen LogP contribution in [0.3, 0.4) is 0 Å². The monoisotopic (exact) mass is 352 g/mol. The lowest BCUT2D eigenvalue weighted by Gasteiger charge is -2.16. The molecule has 0 bridgehead atoms. The number of methoxy groups -OCH3 is 2. The second-order valence-corrected chi connectivity index (χ2v) is 6.47. The standard InChI is InChI=1S/C17H24N2O4S/c1-19-13-9-16(23-3)15(22-2)8-11(13)7-14(19)17(21)18-12(10-20)5-6-24-4/h7-9,12,20H,5-6,10H2,1-4H3,(H,18,21)/t12-/m0/s1. The summed E-state index contributed by atoms with van der Waals surface area (Å²) in [5, 5.41) is 13.2. The molecule has 0 spiro atoms. The summed E-state index contributed by atoms with van der Waals surface area (Å²) in [6.07, 6.45) is 2.73. The first-order valence-corrected chi connectivity index (χ1v) is 9.07. The zero-order chi connectivity index (χ0) is 17.7. The minimum atomic E-state index is -0.243. The normalized spacial score (nSPS) is 12.2. The quantitative estimate of drug-likeness (QED) is 0.761. The van der Waals surface area contributed by atoms with Gasteiger partial charge < -0.3 is 24.5 Å². The van der Waals surface area contributed by atoms with Gasteiger partial charge in [0.15, 0.2) is 11.5 Å². The van der Waals surface area contributed by atoms with E-state index in [4.69, 9.17) is 9.47 Å². The van der Waals surface area contributed by atoms with Crippen molar-refractivity contribution in [3.05, 3.63) is 23.9 Å². The number of aryl methyl sites for hydroxylation is 1. The number of fused-ring (bicyclic) bond motifs is 1. The van der Waals surface area contributed by atoms with Crippen LogP contribution in [0.15, 0.2) is 18.2 Å². The van der Waals surface area contributed by atoms with Crippen LogP contribution >= 0.6 is 11.8 Å². The van der Waals surface area contributed by atoms with Crippen molar-refractivity contribution in [1.82, 2.24) is 9.88 Å². The molecule has 0 aliphatic rings. The number of rotatable bonds is 8. The Morgan fingerprint density at radius 1 is 1.29 bits per heavy atom. The van der Waals surface area contributed by atoms with Crippen LogP contribution in [0.25, 0.3) is 10.9 Å². The third-order valence-corrected chi connectivity index (χ3v) is 4.65. The van der Waals surface area contributed by atoms with Gasteiger partial charge >= 0.3 is 0 Å². The third-order valence-electron chi connectivity index (χ3n) is 4.01. The maximum absolute atomic E-state index is 12.6. The highest BCUT2D eigenvalue weighted by Gasteiger charge is 2.18. The number of benzene rings is 1. The van der Waals surface area contributed by atoms with Gasteiger partial charge in [0, 0.05) is 18.5 Å². The number of aliphatic hydroxyl groups is 1. The van der Waals surface area contributed by atoms with Gasteiger partial charge in [-0.3, -0.25) is 4.79 Å². The van der Waals surface area contributed by atoms with Crippen LogP contribution in [0.4, 0.5) is 0 Å². The van der Waals surface area contributed by atoms with Crippen LogP contribution < -0.4 is 14.8 Å². The summed E-state index contributed by atoms with van der Waals surface area (Å²) in [5.74, 6) is 1.92. The van der Waals surface area contributed by atoms with Crippen LogP contribution in [0.1, 0.15) is 16.9 Å². The lowest BCUT2D eigenvalue weighted by molar-refractivity contribution is 0.0907. The van der Waals surface area contributed by atoms with Crippen molar-refractivity contribution in [3.63, 3.8) is 0 Å². The van der Waals surface area contributed by atoms with E-state index < -0.39 is 0 Å². The number of nitrogens with one attached hydrogen (secondary N) is 1. The smallest absolute Gasteiger partial charge is 0.268 e. The Bertz CT molecular complexity index is 714. The molecule has 0 radical (unpaired) electrons. The second-order valence-electron chi connectivity index (χ2n) is 5.49. The van der Waals surface area contributed by atoms with Crippen molar-refractivity contribution in [2.45, 2.75) is 12.5 Å². The molecule has 0 saturated carbocycles. The zero-order valence-electron chi connectivity index (χ0n) is 14.5. The number of hydrogen-bond acceptors (Lipinski definition) is 5. The molecular formula is C17H24N2O4S. The van der Waals surface area contributed by atoms with E-state index in [1.807, 2.05) is 36.1 Å². The van der Waals surface area contributed by atoms with E-state index in [1.165, 1.54) is 0 Å². The molecule has 7 heteroatoms. The lowest BCUT2D eigenvalue weighted by atomic mass is 10.2. The summed E-state index contributed by atoms with van der Waals surface area (Å²) in [5.41, 5.74) is 1.41. The molecule has 6 nitrogen and oxygen atoms in total. The van der Waals surface area contributed by atoms with Gasteiger partial charge in [-0.25, -0.2) is 0 Å². The Balaban J connectivity index is 2.31. The number of nitrogens with zero attached hydrogens (tertiary/aromatic N) is 1. The predicted molar refractivity (Wildman–Crippen MR) is 97.4 cm³/mol. The van der Waals surface area contributed by atoms with Crippen molar-refractivity contribution < 1.29 is 19.4 Å². The number of thioether (sulfide) groups is 1. The Morgan fingerprint density at radius 3 is 2.54 bits per heavy atom.